The predicted octanol–water partition coefficient (Wildman–Crippen LogP) is 1.06. The van der Waals surface area contributed by atoms with Crippen LogP contribution in [-0.4, -0.2) is 41.1 Å². The highest BCUT2D eigenvalue weighted by Gasteiger charge is 2.20. The molecule has 1 unspecified atom stereocenters. The first-order valence-corrected chi connectivity index (χ1v) is 8.81. The summed E-state index contributed by atoms with van der Waals surface area (Å²) >= 11 is 0. The molecule has 1 atom stereocenters. The summed E-state index contributed by atoms with van der Waals surface area (Å²) in [6, 6.07) is 4.44. The molecule has 1 fully saturated rings. The van der Waals surface area contributed by atoms with E-state index in [1.54, 1.807) is 6.92 Å². The average molecular weight is 326 g/mol. The zero-order chi connectivity index (χ0) is 16.2. The molecule has 1 aliphatic rings. The highest BCUT2D eigenvalue weighted by molar-refractivity contribution is 7.89. The van der Waals surface area contributed by atoms with E-state index in [1.807, 2.05) is 0 Å². The van der Waals surface area contributed by atoms with Crippen LogP contribution < -0.4 is 10.0 Å². The van der Waals surface area contributed by atoms with E-state index in [1.165, 1.54) is 25.3 Å². The highest BCUT2D eigenvalue weighted by atomic mass is 32.2. The summed E-state index contributed by atoms with van der Waals surface area (Å²) in [6.07, 6.45) is 1.92. The van der Waals surface area contributed by atoms with Gasteiger partial charge in [0.2, 0.25) is 10.0 Å². The SMILES string of the molecule is COC(=O)c1ccc(S(=O)(=O)NCCC2CCNC2)c(C)c1. The number of ether oxygens (including phenoxy) is 1. The number of benzene rings is 1. The van der Waals surface area contributed by atoms with Crippen molar-refractivity contribution in [1.29, 1.82) is 0 Å². The third-order valence-electron chi connectivity index (χ3n) is 3.89. The van der Waals surface area contributed by atoms with Crippen molar-refractivity contribution in [3.63, 3.8) is 0 Å². The Morgan fingerprint density at radius 2 is 2.23 bits per heavy atom. The molecule has 1 aliphatic heterocycles. The van der Waals surface area contributed by atoms with E-state index in [9.17, 15) is 13.2 Å². The standard InChI is InChI=1S/C15H22N2O4S/c1-11-9-13(15(18)21-2)3-4-14(11)22(19,20)17-8-6-12-5-7-16-10-12/h3-4,9,12,16-17H,5-8,10H2,1-2H3. The molecular weight excluding hydrogens is 304 g/mol. The number of methoxy groups -OCH3 is 1. The zero-order valence-electron chi connectivity index (χ0n) is 12.9. The van der Waals surface area contributed by atoms with Gasteiger partial charge in [0.1, 0.15) is 0 Å². The molecular formula is C15H22N2O4S. The molecule has 122 valence electrons. The van der Waals surface area contributed by atoms with Gasteiger partial charge in [-0.2, -0.15) is 0 Å². The number of carbonyl (C=O) groups excluding carboxylic acids is 1. The van der Waals surface area contributed by atoms with E-state index in [2.05, 4.69) is 14.8 Å². The maximum atomic E-state index is 12.3. The number of rotatable bonds is 6. The number of aryl methyl sites for hydroxylation is 1. The van der Waals surface area contributed by atoms with E-state index in [-0.39, 0.29) is 4.90 Å². The van der Waals surface area contributed by atoms with Gasteiger partial charge in [0, 0.05) is 6.54 Å². The van der Waals surface area contributed by atoms with Crippen LogP contribution in [0.1, 0.15) is 28.8 Å². The monoisotopic (exact) mass is 326 g/mol. The Labute approximate surface area is 131 Å². The Morgan fingerprint density at radius 1 is 1.45 bits per heavy atom. The summed E-state index contributed by atoms with van der Waals surface area (Å²) in [5, 5.41) is 3.26. The second-order valence-electron chi connectivity index (χ2n) is 5.52. The number of carbonyl (C=O) groups is 1. The van der Waals surface area contributed by atoms with Gasteiger partial charge in [0.05, 0.1) is 17.6 Å². The van der Waals surface area contributed by atoms with E-state index in [4.69, 9.17) is 0 Å². The molecule has 1 aromatic carbocycles. The second-order valence-corrected chi connectivity index (χ2v) is 7.25. The molecule has 0 spiro atoms. The summed E-state index contributed by atoms with van der Waals surface area (Å²) in [5.41, 5.74) is 0.869. The number of hydrogen-bond donors (Lipinski definition) is 2. The van der Waals surface area contributed by atoms with Crippen molar-refractivity contribution < 1.29 is 17.9 Å². The summed E-state index contributed by atoms with van der Waals surface area (Å²) < 4.78 is 31.9. The Hall–Kier alpha value is -1.44. The van der Waals surface area contributed by atoms with Crippen molar-refractivity contribution in [2.24, 2.45) is 5.92 Å². The van der Waals surface area contributed by atoms with Crippen molar-refractivity contribution in [2.75, 3.05) is 26.7 Å². The van der Waals surface area contributed by atoms with Crippen LogP contribution >= 0.6 is 0 Å². The molecule has 0 radical (unpaired) electrons. The molecule has 1 aromatic rings. The topological polar surface area (TPSA) is 84.5 Å². The van der Waals surface area contributed by atoms with Gasteiger partial charge in [-0.25, -0.2) is 17.9 Å². The number of nitrogens with one attached hydrogen (secondary N) is 2. The maximum Gasteiger partial charge on any atom is 0.337 e. The fourth-order valence-corrected chi connectivity index (χ4v) is 3.90. The van der Waals surface area contributed by atoms with Crippen LogP contribution in [0, 0.1) is 12.8 Å². The fraction of sp³-hybridized carbons (Fsp3) is 0.533. The molecule has 22 heavy (non-hydrogen) atoms. The normalized spacial score (nSPS) is 18.4. The number of sulfonamides is 1. The minimum atomic E-state index is -3.55. The first-order valence-electron chi connectivity index (χ1n) is 7.33. The molecule has 2 N–H and O–H groups in total. The van der Waals surface area contributed by atoms with Gasteiger partial charge in [-0.3, -0.25) is 0 Å². The molecule has 0 aliphatic carbocycles. The van der Waals surface area contributed by atoms with Crippen LogP contribution in [0.4, 0.5) is 0 Å². The molecule has 0 bridgehead atoms. The maximum absolute atomic E-state index is 12.3. The third kappa shape index (κ3) is 4.06. The number of hydrogen-bond acceptors (Lipinski definition) is 5. The molecule has 7 heteroatoms. The van der Waals surface area contributed by atoms with E-state index < -0.39 is 16.0 Å². The van der Waals surface area contributed by atoms with Gasteiger partial charge in [-0.15, -0.1) is 0 Å². The van der Waals surface area contributed by atoms with Crippen LogP contribution in [0.5, 0.6) is 0 Å². The van der Waals surface area contributed by atoms with Crippen LogP contribution in [0.25, 0.3) is 0 Å². The lowest BCUT2D eigenvalue weighted by atomic mass is 10.1. The first-order chi connectivity index (χ1) is 10.4. The molecule has 2 rings (SSSR count). The summed E-state index contributed by atoms with van der Waals surface area (Å²) in [7, 11) is -2.26. The summed E-state index contributed by atoms with van der Waals surface area (Å²) in [5.74, 6) is 0.0548. The molecule has 1 saturated heterocycles. The molecule has 0 aromatic heterocycles. The van der Waals surface area contributed by atoms with Crippen LogP contribution in [0.3, 0.4) is 0 Å². The van der Waals surface area contributed by atoms with E-state index in [0.29, 0.717) is 23.6 Å². The van der Waals surface area contributed by atoms with Gasteiger partial charge >= 0.3 is 5.97 Å². The van der Waals surface area contributed by atoms with E-state index >= 15 is 0 Å². The third-order valence-corrected chi connectivity index (χ3v) is 5.51. The predicted molar refractivity (Wildman–Crippen MR) is 83.3 cm³/mol. The Balaban J connectivity index is 2.03. The quantitative estimate of drug-likeness (QED) is 0.764. The number of esters is 1. The highest BCUT2D eigenvalue weighted by Crippen LogP contribution is 2.18. The van der Waals surface area contributed by atoms with Gasteiger partial charge in [0.25, 0.3) is 0 Å². The summed E-state index contributed by atoms with van der Waals surface area (Å²) in [4.78, 5) is 11.7. The molecule has 0 saturated carbocycles. The Morgan fingerprint density at radius 3 is 2.82 bits per heavy atom. The largest absolute Gasteiger partial charge is 0.465 e. The lowest BCUT2D eigenvalue weighted by Crippen LogP contribution is -2.27. The fourth-order valence-electron chi connectivity index (χ4n) is 2.63. The lowest BCUT2D eigenvalue weighted by molar-refractivity contribution is 0.0600. The molecule has 0 amide bonds. The van der Waals surface area contributed by atoms with Crippen molar-refractivity contribution in [3.8, 4) is 0 Å². The second kappa shape index (κ2) is 7.21. The van der Waals surface area contributed by atoms with Gasteiger partial charge in [-0.1, -0.05) is 0 Å². The molecule has 6 nitrogen and oxygen atoms in total. The van der Waals surface area contributed by atoms with Gasteiger partial charge in [-0.05, 0) is 62.5 Å². The minimum Gasteiger partial charge on any atom is -0.465 e. The van der Waals surface area contributed by atoms with Crippen LogP contribution in [0.15, 0.2) is 23.1 Å². The minimum absolute atomic E-state index is 0.199. The average Bonchev–Trinajstić information content (AvgIpc) is 2.99. The summed E-state index contributed by atoms with van der Waals surface area (Å²) in [6.45, 7) is 4.05. The molecule has 1 heterocycles. The lowest BCUT2D eigenvalue weighted by Gasteiger charge is -2.12. The van der Waals surface area contributed by atoms with Gasteiger partial charge in [0.15, 0.2) is 0 Å². The van der Waals surface area contributed by atoms with Crippen LogP contribution in [-0.2, 0) is 14.8 Å². The smallest absolute Gasteiger partial charge is 0.337 e. The van der Waals surface area contributed by atoms with Crippen molar-refractivity contribution in [3.05, 3.63) is 29.3 Å². The van der Waals surface area contributed by atoms with Crippen molar-refractivity contribution in [1.82, 2.24) is 10.0 Å². The Kier molecular flexibility index (Phi) is 5.55. The van der Waals surface area contributed by atoms with E-state index in [0.717, 1.165) is 25.9 Å². The zero-order valence-corrected chi connectivity index (χ0v) is 13.7. The first kappa shape index (κ1) is 16.9. The van der Waals surface area contributed by atoms with Gasteiger partial charge < -0.3 is 10.1 Å². The van der Waals surface area contributed by atoms with Crippen LogP contribution in [0.2, 0.25) is 0 Å². The Bertz CT molecular complexity index is 637. The van der Waals surface area contributed by atoms with Crippen molar-refractivity contribution in [2.45, 2.75) is 24.7 Å². The van der Waals surface area contributed by atoms with Crippen molar-refractivity contribution >= 4 is 16.0 Å².